The van der Waals surface area contributed by atoms with Gasteiger partial charge in [0, 0.05) is 17.4 Å². The van der Waals surface area contributed by atoms with Crippen LogP contribution in [-0.2, 0) is 6.42 Å². The van der Waals surface area contributed by atoms with Gasteiger partial charge in [0.05, 0.1) is 33.4 Å². The van der Waals surface area contributed by atoms with E-state index in [1.54, 1.807) is 21.3 Å². The maximum atomic E-state index is 5.48. The molecule has 0 radical (unpaired) electrons. The quantitative estimate of drug-likeness (QED) is 0.601. The Bertz CT molecular complexity index is 925. The van der Waals surface area contributed by atoms with Gasteiger partial charge in [0.1, 0.15) is 5.75 Å². The maximum absolute atomic E-state index is 5.48. The Morgan fingerprint density at radius 1 is 0.862 bits per heavy atom. The second-order valence-electron chi connectivity index (χ2n) is 7.08. The SMILES string of the molecule is COc1ccc(N[C@H](c2ccccc2)[C@@H]2Cc3cc(OC)c(OC)cc3N2)cc1. The van der Waals surface area contributed by atoms with Crippen molar-refractivity contribution in [2.45, 2.75) is 18.5 Å². The summed E-state index contributed by atoms with van der Waals surface area (Å²) in [5.74, 6) is 2.34. The minimum absolute atomic E-state index is 0.0917. The van der Waals surface area contributed by atoms with Crippen LogP contribution < -0.4 is 24.8 Å². The lowest BCUT2D eigenvalue weighted by molar-refractivity contribution is 0.355. The van der Waals surface area contributed by atoms with Crippen LogP contribution in [0.25, 0.3) is 0 Å². The van der Waals surface area contributed by atoms with Gasteiger partial charge in [-0.1, -0.05) is 30.3 Å². The number of fused-ring (bicyclic) bond motifs is 1. The van der Waals surface area contributed by atoms with Gasteiger partial charge in [-0.3, -0.25) is 0 Å². The number of methoxy groups -OCH3 is 3. The average molecular weight is 390 g/mol. The summed E-state index contributed by atoms with van der Waals surface area (Å²) in [6.07, 6.45) is 0.887. The van der Waals surface area contributed by atoms with Gasteiger partial charge < -0.3 is 24.8 Å². The summed E-state index contributed by atoms with van der Waals surface area (Å²) >= 11 is 0. The van der Waals surface area contributed by atoms with Crippen molar-refractivity contribution in [3.63, 3.8) is 0 Å². The highest BCUT2D eigenvalue weighted by atomic mass is 16.5. The van der Waals surface area contributed by atoms with E-state index in [4.69, 9.17) is 14.2 Å². The topological polar surface area (TPSA) is 51.8 Å². The Hall–Kier alpha value is -3.34. The number of benzene rings is 3. The third-order valence-electron chi connectivity index (χ3n) is 5.36. The zero-order valence-corrected chi connectivity index (χ0v) is 16.9. The lowest BCUT2D eigenvalue weighted by atomic mass is 9.96. The molecule has 0 bridgehead atoms. The zero-order chi connectivity index (χ0) is 20.2. The first kappa shape index (κ1) is 19.0. The smallest absolute Gasteiger partial charge is 0.162 e. The Balaban J connectivity index is 1.63. The summed E-state index contributed by atoms with van der Waals surface area (Å²) < 4.78 is 16.2. The van der Waals surface area contributed by atoms with Crippen LogP contribution in [0.3, 0.4) is 0 Å². The molecule has 4 rings (SSSR count). The van der Waals surface area contributed by atoms with Crippen LogP contribution in [0.5, 0.6) is 17.2 Å². The summed E-state index contributed by atoms with van der Waals surface area (Å²) in [4.78, 5) is 0. The molecular formula is C24H26N2O3. The number of hydrogen-bond acceptors (Lipinski definition) is 5. The molecule has 5 nitrogen and oxygen atoms in total. The van der Waals surface area contributed by atoms with Gasteiger partial charge in [0.2, 0.25) is 0 Å². The molecule has 2 N–H and O–H groups in total. The number of anilines is 2. The third-order valence-corrected chi connectivity index (χ3v) is 5.36. The maximum Gasteiger partial charge on any atom is 0.162 e. The van der Waals surface area contributed by atoms with Crippen molar-refractivity contribution < 1.29 is 14.2 Å². The van der Waals surface area contributed by atoms with E-state index in [1.165, 1.54) is 11.1 Å². The Morgan fingerprint density at radius 3 is 2.21 bits per heavy atom. The van der Waals surface area contributed by atoms with Crippen LogP contribution in [0.2, 0.25) is 0 Å². The Kier molecular flexibility index (Phi) is 5.47. The fraction of sp³-hybridized carbons (Fsp3) is 0.250. The highest BCUT2D eigenvalue weighted by molar-refractivity contribution is 5.65. The molecule has 2 atom stereocenters. The molecule has 0 spiro atoms. The first-order chi connectivity index (χ1) is 14.2. The lowest BCUT2D eigenvalue weighted by Gasteiger charge is -2.27. The summed E-state index contributed by atoms with van der Waals surface area (Å²) in [5, 5.41) is 7.38. The minimum Gasteiger partial charge on any atom is -0.497 e. The molecule has 0 saturated heterocycles. The molecule has 0 unspecified atom stereocenters. The van der Waals surface area contributed by atoms with Gasteiger partial charge in [-0.05, 0) is 47.9 Å². The number of hydrogen-bond donors (Lipinski definition) is 2. The van der Waals surface area contributed by atoms with Gasteiger partial charge >= 0.3 is 0 Å². The van der Waals surface area contributed by atoms with Gasteiger partial charge in [-0.25, -0.2) is 0 Å². The third kappa shape index (κ3) is 3.94. The first-order valence-electron chi connectivity index (χ1n) is 9.69. The first-order valence-corrected chi connectivity index (χ1v) is 9.69. The van der Waals surface area contributed by atoms with E-state index in [0.29, 0.717) is 0 Å². The molecule has 3 aromatic rings. The van der Waals surface area contributed by atoms with Crippen molar-refractivity contribution in [3.05, 3.63) is 77.9 Å². The van der Waals surface area contributed by atoms with E-state index in [1.807, 2.05) is 36.4 Å². The largest absolute Gasteiger partial charge is 0.497 e. The number of nitrogens with one attached hydrogen (secondary N) is 2. The van der Waals surface area contributed by atoms with E-state index < -0.39 is 0 Å². The van der Waals surface area contributed by atoms with E-state index in [9.17, 15) is 0 Å². The monoisotopic (exact) mass is 390 g/mol. The molecule has 1 aliphatic heterocycles. The van der Waals surface area contributed by atoms with Crippen molar-refractivity contribution in [2.75, 3.05) is 32.0 Å². The number of rotatable bonds is 7. The summed E-state index contributed by atoms with van der Waals surface area (Å²) in [6, 6.07) is 22.9. The number of ether oxygens (including phenoxy) is 3. The van der Waals surface area contributed by atoms with Crippen LogP contribution in [0.1, 0.15) is 17.2 Å². The average Bonchev–Trinajstić information content (AvgIpc) is 3.20. The van der Waals surface area contributed by atoms with E-state index in [2.05, 4.69) is 41.0 Å². The van der Waals surface area contributed by atoms with Crippen LogP contribution in [0, 0.1) is 0 Å². The summed E-state index contributed by atoms with van der Waals surface area (Å²) in [6.45, 7) is 0. The molecule has 0 amide bonds. The van der Waals surface area contributed by atoms with E-state index >= 15 is 0 Å². The van der Waals surface area contributed by atoms with Crippen molar-refractivity contribution in [3.8, 4) is 17.2 Å². The molecule has 0 fully saturated rings. The Labute approximate surface area is 171 Å². The molecule has 0 saturated carbocycles. The standard InChI is InChI=1S/C24H26N2O3/c1-27-19-11-9-18(10-12-19)25-24(16-7-5-4-6-8-16)21-13-17-14-22(28-2)23(29-3)15-20(17)26-21/h4-12,14-15,21,24-26H,13H2,1-3H3/t21-,24+/m0/s1. The molecule has 5 heteroatoms. The molecule has 1 heterocycles. The second kappa shape index (κ2) is 8.35. The van der Waals surface area contributed by atoms with Crippen LogP contribution in [0.4, 0.5) is 11.4 Å². The fourth-order valence-corrected chi connectivity index (χ4v) is 3.86. The van der Waals surface area contributed by atoms with Crippen LogP contribution in [0.15, 0.2) is 66.7 Å². The minimum atomic E-state index is 0.0917. The zero-order valence-electron chi connectivity index (χ0n) is 16.9. The summed E-state index contributed by atoms with van der Waals surface area (Å²) in [7, 11) is 5.01. The second-order valence-corrected chi connectivity index (χ2v) is 7.08. The van der Waals surface area contributed by atoms with E-state index in [-0.39, 0.29) is 12.1 Å². The van der Waals surface area contributed by atoms with E-state index in [0.717, 1.165) is 35.0 Å². The van der Waals surface area contributed by atoms with Gasteiger partial charge in [-0.15, -0.1) is 0 Å². The van der Waals surface area contributed by atoms with Crippen LogP contribution >= 0.6 is 0 Å². The van der Waals surface area contributed by atoms with Crippen LogP contribution in [-0.4, -0.2) is 27.4 Å². The molecule has 0 aromatic heterocycles. The molecule has 0 aliphatic carbocycles. The van der Waals surface area contributed by atoms with Gasteiger partial charge in [-0.2, -0.15) is 0 Å². The predicted molar refractivity (Wildman–Crippen MR) is 116 cm³/mol. The normalized spacial score (nSPS) is 15.8. The highest BCUT2D eigenvalue weighted by Crippen LogP contribution is 2.40. The van der Waals surface area contributed by atoms with Gasteiger partial charge in [0.25, 0.3) is 0 Å². The van der Waals surface area contributed by atoms with Crippen molar-refractivity contribution in [2.24, 2.45) is 0 Å². The van der Waals surface area contributed by atoms with Gasteiger partial charge in [0.15, 0.2) is 11.5 Å². The molecule has 1 aliphatic rings. The molecule has 29 heavy (non-hydrogen) atoms. The fourth-order valence-electron chi connectivity index (χ4n) is 3.86. The predicted octanol–water partition coefficient (Wildman–Crippen LogP) is 4.90. The molecule has 150 valence electrons. The highest BCUT2D eigenvalue weighted by Gasteiger charge is 2.30. The molecular weight excluding hydrogens is 364 g/mol. The van der Waals surface area contributed by atoms with Crippen molar-refractivity contribution in [1.29, 1.82) is 0 Å². The Morgan fingerprint density at radius 2 is 1.55 bits per heavy atom. The van der Waals surface area contributed by atoms with Crippen molar-refractivity contribution >= 4 is 11.4 Å². The summed E-state index contributed by atoms with van der Waals surface area (Å²) in [5.41, 5.74) is 4.59. The van der Waals surface area contributed by atoms with Crippen molar-refractivity contribution in [1.82, 2.24) is 0 Å². The molecule has 3 aromatic carbocycles. The lowest BCUT2D eigenvalue weighted by Crippen LogP contribution is -2.30.